The number of aromatic nitrogens is 2. The van der Waals surface area contributed by atoms with Crippen LogP contribution in [0.5, 0.6) is 0 Å². The molecule has 1 amide bonds. The van der Waals surface area contributed by atoms with Gasteiger partial charge in [-0.2, -0.15) is 0 Å². The van der Waals surface area contributed by atoms with Crippen LogP contribution in [0.4, 0.5) is 0 Å². The minimum Gasteiger partial charge on any atom is -0.337 e. The first kappa shape index (κ1) is 16.3. The lowest BCUT2D eigenvalue weighted by Crippen LogP contribution is -2.34. The molecule has 1 aromatic carbocycles. The van der Waals surface area contributed by atoms with Crippen molar-refractivity contribution in [3.8, 4) is 0 Å². The number of aryl methyl sites for hydroxylation is 2. The molecular formula is C20H26N4O. The number of likely N-dealkylation sites (tertiary alicyclic amines) is 2. The molecule has 0 radical (unpaired) electrons. The first-order valence-electron chi connectivity index (χ1n) is 9.06. The predicted molar refractivity (Wildman–Crippen MR) is 96.8 cm³/mol. The van der Waals surface area contributed by atoms with E-state index >= 15 is 0 Å². The van der Waals surface area contributed by atoms with Gasteiger partial charge in [0.05, 0.1) is 12.6 Å². The summed E-state index contributed by atoms with van der Waals surface area (Å²) in [4.78, 5) is 21.3. The van der Waals surface area contributed by atoms with Crippen LogP contribution in [0, 0.1) is 18.8 Å². The Bertz CT molecular complexity index is 784. The van der Waals surface area contributed by atoms with E-state index in [1.54, 1.807) is 6.92 Å². The number of hydrogen-bond donors (Lipinski definition) is 0. The van der Waals surface area contributed by atoms with Crippen LogP contribution in [0.2, 0.25) is 0 Å². The molecule has 3 heterocycles. The zero-order valence-corrected chi connectivity index (χ0v) is 15.2. The van der Waals surface area contributed by atoms with E-state index in [4.69, 9.17) is 0 Å². The van der Waals surface area contributed by atoms with Crippen molar-refractivity contribution in [2.24, 2.45) is 18.9 Å². The van der Waals surface area contributed by atoms with Crippen molar-refractivity contribution in [1.29, 1.82) is 0 Å². The molecule has 1 aromatic heterocycles. The average molecular weight is 338 g/mol. The zero-order chi connectivity index (χ0) is 17.6. The molecule has 132 valence electrons. The van der Waals surface area contributed by atoms with E-state index < -0.39 is 0 Å². The molecule has 25 heavy (non-hydrogen) atoms. The highest BCUT2D eigenvalue weighted by Gasteiger charge is 2.48. The molecule has 2 aliphatic rings. The van der Waals surface area contributed by atoms with Gasteiger partial charge in [0.15, 0.2) is 0 Å². The molecule has 3 atom stereocenters. The molecule has 4 rings (SSSR count). The molecular weight excluding hydrogens is 312 g/mol. The number of rotatable bonds is 3. The normalized spacial score (nSPS) is 26.2. The molecule has 5 heteroatoms. The third kappa shape index (κ3) is 2.86. The minimum absolute atomic E-state index is 0.193. The van der Waals surface area contributed by atoms with Crippen molar-refractivity contribution in [2.45, 2.75) is 26.4 Å². The van der Waals surface area contributed by atoms with Gasteiger partial charge >= 0.3 is 0 Å². The summed E-state index contributed by atoms with van der Waals surface area (Å²) in [6, 6.07) is 8.72. The van der Waals surface area contributed by atoms with E-state index in [9.17, 15) is 4.79 Å². The maximum absolute atomic E-state index is 12.3. The summed E-state index contributed by atoms with van der Waals surface area (Å²) in [5, 5.41) is 0. The molecule has 2 aliphatic heterocycles. The quantitative estimate of drug-likeness (QED) is 0.863. The van der Waals surface area contributed by atoms with Gasteiger partial charge in [0, 0.05) is 51.9 Å². The molecule has 2 fully saturated rings. The van der Waals surface area contributed by atoms with Crippen LogP contribution in [0.25, 0.3) is 0 Å². The summed E-state index contributed by atoms with van der Waals surface area (Å²) >= 11 is 0. The Morgan fingerprint density at radius 3 is 2.72 bits per heavy atom. The molecule has 0 unspecified atom stereocenters. The maximum atomic E-state index is 12.3. The number of imidazole rings is 1. The lowest BCUT2D eigenvalue weighted by atomic mass is 9.87. The first-order chi connectivity index (χ1) is 12.0. The second-order valence-corrected chi connectivity index (χ2v) is 7.55. The lowest BCUT2D eigenvalue weighted by Gasteiger charge is -2.30. The van der Waals surface area contributed by atoms with Gasteiger partial charge in [0.1, 0.15) is 5.82 Å². The lowest BCUT2D eigenvalue weighted by molar-refractivity contribution is -0.130. The Labute approximate surface area is 149 Å². The Kier molecular flexibility index (Phi) is 4.12. The molecule has 5 nitrogen and oxygen atoms in total. The maximum Gasteiger partial charge on any atom is 0.219 e. The topological polar surface area (TPSA) is 41.4 Å². The van der Waals surface area contributed by atoms with Crippen LogP contribution >= 0.6 is 0 Å². The van der Waals surface area contributed by atoms with E-state index in [2.05, 4.69) is 50.5 Å². The zero-order valence-electron chi connectivity index (χ0n) is 15.2. The minimum atomic E-state index is 0.193. The van der Waals surface area contributed by atoms with Crippen molar-refractivity contribution in [3.63, 3.8) is 0 Å². The van der Waals surface area contributed by atoms with Crippen molar-refractivity contribution < 1.29 is 4.79 Å². The Morgan fingerprint density at radius 1 is 1.24 bits per heavy atom. The Hall–Kier alpha value is -2.14. The number of nitrogens with zero attached hydrogens (tertiary/aromatic N) is 4. The first-order valence-corrected chi connectivity index (χ1v) is 9.06. The fourth-order valence-electron chi connectivity index (χ4n) is 4.66. The summed E-state index contributed by atoms with van der Waals surface area (Å²) in [7, 11) is 2.05. The van der Waals surface area contributed by atoms with Crippen molar-refractivity contribution >= 4 is 5.91 Å². The van der Waals surface area contributed by atoms with Crippen molar-refractivity contribution in [1.82, 2.24) is 19.4 Å². The SMILES string of the molecule is CC(=O)N1C[C@H]2CN(Cc3nccn3C)C[C@H]2[C@@H]1c1ccccc1C. The van der Waals surface area contributed by atoms with E-state index in [0.717, 1.165) is 32.0 Å². The highest BCUT2D eigenvalue weighted by atomic mass is 16.2. The van der Waals surface area contributed by atoms with Crippen LogP contribution in [0.1, 0.15) is 29.9 Å². The molecule has 0 N–H and O–H groups in total. The summed E-state index contributed by atoms with van der Waals surface area (Å²) in [6.45, 7) is 7.69. The largest absolute Gasteiger partial charge is 0.337 e. The van der Waals surface area contributed by atoms with Gasteiger partial charge in [-0.15, -0.1) is 0 Å². The monoisotopic (exact) mass is 338 g/mol. The van der Waals surface area contributed by atoms with Gasteiger partial charge in [0.25, 0.3) is 0 Å². The standard InChI is InChI=1S/C20H26N4O/c1-14-6-4-5-7-17(14)20-18-12-23(13-19-21-8-9-22(19)3)10-16(18)11-24(20)15(2)25/h4-9,16,18,20H,10-13H2,1-3H3/t16-,18-,20+/m1/s1. The van der Waals surface area contributed by atoms with Gasteiger partial charge < -0.3 is 9.47 Å². The number of hydrogen-bond acceptors (Lipinski definition) is 3. The van der Waals surface area contributed by atoms with Crippen LogP contribution in [0.15, 0.2) is 36.7 Å². The smallest absolute Gasteiger partial charge is 0.219 e. The fraction of sp³-hybridized carbons (Fsp3) is 0.500. The average Bonchev–Trinajstić information content (AvgIpc) is 3.23. The van der Waals surface area contributed by atoms with E-state index in [0.29, 0.717) is 11.8 Å². The van der Waals surface area contributed by atoms with Gasteiger partial charge in [-0.25, -0.2) is 4.98 Å². The molecule has 0 bridgehead atoms. The number of carbonyl (C=O) groups is 1. The molecule has 0 spiro atoms. The number of amides is 1. The molecule has 0 saturated carbocycles. The number of carbonyl (C=O) groups excluding carboxylic acids is 1. The third-order valence-corrected chi connectivity index (χ3v) is 5.94. The Balaban J connectivity index is 1.58. The van der Waals surface area contributed by atoms with Crippen molar-refractivity contribution in [2.75, 3.05) is 19.6 Å². The van der Waals surface area contributed by atoms with Crippen LogP contribution in [-0.4, -0.2) is 44.9 Å². The van der Waals surface area contributed by atoms with Gasteiger partial charge in [-0.3, -0.25) is 9.69 Å². The van der Waals surface area contributed by atoms with Crippen LogP contribution in [0.3, 0.4) is 0 Å². The Morgan fingerprint density at radius 2 is 2.04 bits per heavy atom. The third-order valence-electron chi connectivity index (χ3n) is 5.94. The second kappa shape index (κ2) is 6.30. The van der Waals surface area contributed by atoms with E-state index in [-0.39, 0.29) is 11.9 Å². The van der Waals surface area contributed by atoms with E-state index in [1.807, 2.05) is 19.4 Å². The van der Waals surface area contributed by atoms with Gasteiger partial charge in [-0.05, 0) is 24.0 Å². The number of fused-ring (bicyclic) bond motifs is 1. The van der Waals surface area contributed by atoms with Crippen molar-refractivity contribution in [3.05, 3.63) is 53.6 Å². The molecule has 2 aromatic rings. The van der Waals surface area contributed by atoms with Crippen LogP contribution < -0.4 is 0 Å². The highest BCUT2D eigenvalue weighted by molar-refractivity contribution is 5.74. The van der Waals surface area contributed by atoms with Gasteiger partial charge in [0.2, 0.25) is 5.91 Å². The molecule has 2 saturated heterocycles. The summed E-state index contributed by atoms with van der Waals surface area (Å²) in [5.41, 5.74) is 2.59. The van der Waals surface area contributed by atoms with E-state index in [1.165, 1.54) is 11.1 Å². The number of benzene rings is 1. The second-order valence-electron chi connectivity index (χ2n) is 7.55. The summed E-state index contributed by atoms with van der Waals surface area (Å²) in [6.07, 6.45) is 3.86. The fourth-order valence-corrected chi connectivity index (χ4v) is 4.66. The van der Waals surface area contributed by atoms with Gasteiger partial charge in [-0.1, -0.05) is 24.3 Å². The predicted octanol–water partition coefficient (Wildman–Crippen LogP) is 2.38. The highest BCUT2D eigenvalue weighted by Crippen LogP contribution is 2.45. The molecule has 0 aliphatic carbocycles. The summed E-state index contributed by atoms with van der Waals surface area (Å²) < 4.78 is 2.09. The van der Waals surface area contributed by atoms with Crippen LogP contribution in [-0.2, 0) is 18.4 Å². The summed E-state index contributed by atoms with van der Waals surface area (Å²) in [5.74, 6) is 2.35.